The largest absolute Gasteiger partial charge is 0.0824 e. The maximum atomic E-state index is 6.23. The van der Waals surface area contributed by atoms with Crippen LogP contribution in [0.2, 0.25) is 20.1 Å². The average Bonchev–Trinajstić information content (AvgIpc) is 2.82. The quantitative estimate of drug-likeness (QED) is 0.597. The van der Waals surface area contributed by atoms with Gasteiger partial charge in [0.15, 0.2) is 0 Å². The smallest absolute Gasteiger partial charge is 0.0643 e. The molecule has 0 radical (unpaired) electrons. The molecule has 0 amide bonds. The second-order valence-corrected chi connectivity index (χ2v) is 5.51. The Morgan fingerprint density at radius 2 is 1.35 bits per heavy atom. The molecule has 4 heteroatoms. The number of allylic oxidation sites excluding steroid dienone is 4. The highest BCUT2D eigenvalue weighted by Crippen LogP contribution is 2.41. The number of benzene rings is 1. The molecule has 0 aromatic heterocycles. The van der Waals surface area contributed by atoms with Crippen molar-refractivity contribution in [2.45, 2.75) is 13.3 Å². The predicted molar refractivity (Wildman–Crippen MR) is 76.7 cm³/mol. The molecule has 0 N–H and O–H groups in total. The van der Waals surface area contributed by atoms with Gasteiger partial charge in [-0.2, -0.15) is 0 Å². The van der Waals surface area contributed by atoms with Crippen molar-refractivity contribution < 1.29 is 0 Å². The Hall–Kier alpha value is -0.140. The molecule has 1 aromatic carbocycles. The van der Waals surface area contributed by atoms with Gasteiger partial charge in [0.1, 0.15) is 0 Å². The van der Waals surface area contributed by atoms with Crippen LogP contribution in [0.15, 0.2) is 24.3 Å². The molecule has 0 nitrogen and oxygen atoms in total. The van der Waals surface area contributed by atoms with Crippen LogP contribution in [0.5, 0.6) is 0 Å². The molecular weight excluding hydrogens is 298 g/mol. The van der Waals surface area contributed by atoms with Crippen LogP contribution >= 0.6 is 46.4 Å². The fourth-order valence-corrected chi connectivity index (χ4v) is 2.96. The van der Waals surface area contributed by atoms with E-state index in [9.17, 15) is 0 Å². The first kappa shape index (κ1) is 13.3. The van der Waals surface area contributed by atoms with Crippen molar-refractivity contribution in [3.63, 3.8) is 0 Å². The summed E-state index contributed by atoms with van der Waals surface area (Å²) in [5.41, 5.74) is 1.54. The lowest BCUT2D eigenvalue weighted by molar-refractivity contribution is 0.816. The lowest BCUT2D eigenvalue weighted by atomic mass is 9.99. The molecule has 0 bridgehead atoms. The summed E-state index contributed by atoms with van der Waals surface area (Å²) in [7, 11) is 0. The van der Waals surface area contributed by atoms with Crippen molar-refractivity contribution in [3.8, 4) is 0 Å². The molecule has 90 valence electrons. The Morgan fingerprint density at radius 3 is 1.82 bits per heavy atom. The van der Waals surface area contributed by atoms with Gasteiger partial charge in [-0.1, -0.05) is 70.7 Å². The molecule has 0 heterocycles. The van der Waals surface area contributed by atoms with E-state index in [1.54, 1.807) is 0 Å². The maximum absolute atomic E-state index is 6.23. The fourth-order valence-electron chi connectivity index (χ4n) is 1.82. The third-order valence-electron chi connectivity index (χ3n) is 2.84. The Bertz CT molecular complexity index is 474. The minimum Gasteiger partial charge on any atom is -0.0824 e. The van der Waals surface area contributed by atoms with Crippen LogP contribution in [0.1, 0.15) is 11.1 Å². The van der Waals surface area contributed by atoms with Gasteiger partial charge in [-0.05, 0) is 30.4 Å². The molecule has 2 rings (SSSR count). The maximum Gasteiger partial charge on any atom is 0.0643 e. The van der Waals surface area contributed by atoms with Gasteiger partial charge < -0.3 is 0 Å². The normalized spacial score (nSPS) is 14.9. The lowest BCUT2D eigenvalue weighted by Gasteiger charge is -2.15. The summed E-state index contributed by atoms with van der Waals surface area (Å²) in [6.45, 7) is 1.81. The topological polar surface area (TPSA) is 0 Å². The van der Waals surface area contributed by atoms with Gasteiger partial charge >= 0.3 is 0 Å². The van der Waals surface area contributed by atoms with E-state index in [1.165, 1.54) is 0 Å². The first-order valence-corrected chi connectivity index (χ1v) is 6.70. The first-order chi connectivity index (χ1) is 8.02. The summed E-state index contributed by atoms with van der Waals surface area (Å²) < 4.78 is 0. The molecule has 0 spiro atoms. The van der Waals surface area contributed by atoms with Gasteiger partial charge in [-0.25, -0.2) is 0 Å². The fraction of sp³-hybridized carbons (Fsp3) is 0.231. The van der Waals surface area contributed by atoms with Crippen LogP contribution in [0.3, 0.4) is 0 Å². The second-order valence-electron chi connectivity index (χ2n) is 4.00. The third kappa shape index (κ3) is 2.51. The molecule has 0 saturated heterocycles. The van der Waals surface area contributed by atoms with Crippen LogP contribution in [0.4, 0.5) is 0 Å². The zero-order valence-electron chi connectivity index (χ0n) is 9.11. The molecule has 0 saturated carbocycles. The highest BCUT2D eigenvalue weighted by molar-refractivity contribution is 6.48. The van der Waals surface area contributed by atoms with E-state index in [0.29, 0.717) is 32.4 Å². The Labute approximate surface area is 121 Å². The average molecular weight is 308 g/mol. The second kappa shape index (κ2) is 5.24. The van der Waals surface area contributed by atoms with Crippen LogP contribution in [0.25, 0.3) is 0 Å². The zero-order valence-corrected chi connectivity index (χ0v) is 12.1. The van der Waals surface area contributed by atoms with Crippen molar-refractivity contribution in [2.24, 2.45) is 5.92 Å². The molecule has 1 aliphatic carbocycles. The summed E-state index contributed by atoms with van der Waals surface area (Å²) in [5.74, 6) is 0.305. The molecular formula is C13H10Cl4. The van der Waals surface area contributed by atoms with E-state index in [1.807, 2.05) is 19.1 Å². The van der Waals surface area contributed by atoms with Crippen molar-refractivity contribution in [1.29, 1.82) is 0 Å². The van der Waals surface area contributed by atoms with Gasteiger partial charge in [0.25, 0.3) is 0 Å². The molecule has 0 unspecified atom stereocenters. The Kier molecular flexibility index (Phi) is 4.10. The molecule has 1 aliphatic rings. The van der Waals surface area contributed by atoms with E-state index < -0.39 is 0 Å². The summed E-state index contributed by atoms with van der Waals surface area (Å²) in [6.07, 6.45) is 8.90. The molecule has 0 atom stereocenters. The highest BCUT2D eigenvalue weighted by atomic mass is 35.5. The van der Waals surface area contributed by atoms with Crippen molar-refractivity contribution >= 4 is 46.4 Å². The van der Waals surface area contributed by atoms with Gasteiger partial charge in [0, 0.05) is 0 Å². The van der Waals surface area contributed by atoms with E-state index in [0.717, 1.165) is 11.1 Å². The predicted octanol–water partition coefficient (Wildman–Crippen LogP) is 5.89. The summed E-state index contributed by atoms with van der Waals surface area (Å²) in [6, 6.07) is 0. The van der Waals surface area contributed by atoms with E-state index in [-0.39, 0.29) is 0 Å². The van der Waals surface area contributed by atoms with Crippen molar-refractivity contribution in [3.05, 3.63) is 55.5 Å². The van der Waals surface area contributed by atoms with Crippen LogP contribution < -0.4 is 0 Å². The summed E-state index contributed by atoms with van der Waals surface area (Å²) in [4.78, 5) is 0. The summed E-state index contributed by atoms with van der Waals surface area (Å²) >= 11 is 24.7. The zero-order chi connectivity index (χ0) is 12.6. The first-order valence-electron chi connectivity index (χ1n) is 5.18. The van der Waals surface area contributed by atoms with E-state index in [4.69, 9.17) is 46.4 Å². The number of hydrogen-bond acceptors (Lipinski definition) is 0. The molecule has 0 fully saturated rings. The minimum absolute atomic E-state index is 0.305. The van der Waals surface area contributed by atoms with Gasteiger partial charge in [0.05, 0.1) is 20.1 Å². The van der Waals surface area contributed by atoms with Crippen molar-refractivity contribution in [2.75, 3.05) is 0 Å². The number of hydrogen-bond donors (Lipinski definition) is 0. The summed E-state index contributed by atoms with van der Waals surface area (Å²) in [5, 5.41) is 1.99. The molecule has 1 aromatic rings. The van der Waals surface area contributed by atoms with Crippen LogP contribution in [0, 0.1) is 12.8 Å². The highest BCUT2D eigenvalue weighted by Gasteiger charge is 2.19. The SMILES string of the molecule is Cc1c(Cl)c(Cl)c(CC2C=CC=C2)c(Cl)c1Cl. The minimum atomic E-state index is 0.305. The molecule has 17 heavy (non-hydrogen) atoms. The van der Waals surface area contributed by atoms with Crippen molar-refractivity contribution in [1.82, 2.24) is 0 Å². The van der Waals surface area contributed by atoms with Crippen LogP contribution in [-0.4, -0.2) is 0 Å². The van der Waals surface area contributed by atoms with Gasteiger partial charge in [-0.15, -0.1) is 0 Å². The lowest BCUT2D eigenvalue weighted by Crippen LogP contribution is -2.00. The van der Waals surface area contributed by atoms with E-state index in [2.05, 4.69) is 12.2 Å². The Balaban J connectivity index is 2.46. The molecule has 0 aliphatic heterocycles. The van der Waals surface area contributed by atoms with E-state index >= 15 is 0 Å². The van der Waals surface area contributed by atoms with Gasteiger partial charge in [-0.3, -0.25) is 0 Å². The third-order valence-corrected chi connectivity index (χ3v) is 4.81. The number of rotatable bonds is 2. The monoisotopic (exact) mass is 306 g/mol. The van der Waals surface area contributed by atoms with Gasteiger partial charge in [0.2, 0.25) is 0 Å². The van der Waals surface area contributed by atoms with Crippen LogP contribution in [-0.2, 0) is 6.42 Å². The number of halogens is 4. The standard InChI is InChI=1S/C13H10Cl4/c1-7-10(14)12(16)9(13(17)11(7)15)6-8-4-2-3-5-8/h2-5,8H,6H2,1H3. The Morgan fingerprint density at radius 1 is 0.882 bits per heavy atom.